The second-order valence-electron chi connectivity index (χ2n) is 5.00. The van der Waals surface area contributed by atoms with E-state index in [2.05, 4.69) is 18.7 Å². The van der Waals surface area contributed by atoms with Gasteiger partial charge in [-0.3, -0.25) is 0 Å². The highest BCUT2D eigenvalue weighted by atomic mass is 19.1. The summed E-state index contributed by atoms with van der Waals surface area (Å²) in [6, 6.07) is 6.89. The van der Waals surface area contributed by atoms with Crippen molar-refractivity contribution in [2.75, 3.05) is 11.4 Å². The summed E-state index contributed by atoms with van der Waals surface area (Å²) < 4.78 is 13.4. The molecule has 0 spiro atoms. The Morgan fingerprint density at radius 1 is 1.41 bits per heavy atom. The highest BCUT2D eigenvalue weighted by Gasteiger charge is 2.26. The minimum absolute atomic E-state index is 0.323. The van der Waals surface area contributed by atoms with E-state index in [1.807, 2.05) is 6.07 Å². The number of nitriles is 1. The van der Waals surface area contributed by atoms with Crippen molar-refractivity contribution in [3.63, 3.8) is 0 Å². The molecule has 1 aliphatic carbocycles. The number of halogens is 1. The van der Waals surface area contributed by atoms with Gasteiger partial charge in [-0.2, -0.15) is 5.26 Å². The quantitative estimate of drug-likeness (QED) is 0.796. The lowest BCUT2D eigenvalue weighted by Gasteiger charge is -2.29. The third-order valence-corrected chi connectivity index (χ3v) is 3.12. The van der Waals surface area contributed by atoms with Gasteiger partial charge >= 0.3 is 0 Å². The maximum Gasteiger partial charge on any atom is 0.126 e. The minimum Gasteiger partial charge on any atom is -0.369 e. The molecule has 0 heterocycles. The molecule has 1 aromatic carbocycles. The van der Waals surface area contributed by atoms with Gasteiger partial charge in [0.15, 0.2) is 0 Å². The van der Waals surface area contributed by atoms with E-state index in [1.54, 1.807) is 6.07 Å². The third-order valence-electron chi connectivity index (χ3n) is 3.12. The Kier molecular flexibility index (Phi) is 3.33. The molecule has 0 amide bonds. The smallest absolute Gasteiger partial charge is 0.126 e. The lowest BCUT2D eigenvalue weighted by atomic mass is 10.1. The number of benzene rings is 1. The highest BCUT2D eigenvalue weighted by Crippen LogP contribution is 2.32. The molecule has 0 aromatic heterocycles. The van der Waals surface area contributed by atoms with Gasteiger partial charge in [-0.1, -0.05) is 0 Å². The van der Waals surface area contributed by atoms with Crippen LogP contribution in [-0.4, -0.2) is 12.6 Å². The fourth-order valence-corrected chi connectivity index (χ4v) is 2.00. The summed E-state index contributed by atoms with van der Waals surface area (Å²) in [4.78, 5) is 2.18. The molecule has 90 valence electrons. The van der Waals surface area contributed by atoms with Crippen molar-refractivity contribution in [3.05, 3.63) is 29.6 Å². The van der Waals surface area contributed by atoms with Crippen molar-refractivity contribution in [3.8, 4) is 6.07 Å². The summed E-state index contributed by atoms with van der Waals surface area (Å²) in [5, 5.41) is 8.87. The lowest BCUT2D eigenvalue weighted by Crippen LogP contribution is -2.32. The molecule has 0 N–H and O–H groups in total. The van der Waals surface area contributed by atoms with Crippen LogP contribution in [-0.2, 0) is 0 Å². The minimum atomic E-state index is -0.333. The Balaban J connectivity index is 2.27. The van der Waals surface area contributed by atoms with Crippen LogP contribution in [0.1, 0.15) is 32.3 Å². The summed E-state index contributed by atoms with van der Waals surface area (Å²) in [6.07, 6.45) is 2.54. The van der Waals surface area contributed by atoms with Crippen LogP contribution in [0.15, 0.2) is 18.2 Å². The maximum absolute atomic E-state index is 13.4. The van der Waals surface area contributed by atoms with Crippen molar-refractivity contribution in [2.24, 2.45) is 5.92 Å². The molecule has 0 saturated heterocycles. The lowest BCUT2D eigenvalue weighted by molar-refractivity contribution is 0.616. The normalized spacial score (nSPS) is 14.8. The number of nitrogens with zero attached hydrogens (tertiary/aromatic N) is 2. The zero-order valence-corrected chi connectivity index (χ0v) is 10.3. The molecule has 0 atom stereocenters. The number of hydrogen-bond acceptors (Lipinski definition) is 2. The molecule has 1 fully saturated rings. The Morgan fingerprint density at radius 2 is 2.12 bits per heavy atom. The van der Waals surface area contributed by atoms with Crippen molar-refractivity contribution in [1.82, 2.24) is 0 Å². The first-order chi connectivity index (χ1) is 8.10. The van der Waals surface area contributed by atoms with Crippen LogP contribution >= 0.6 is 0 Å². The first-order valence-electron chi connectivity index (χ1n) is 6.07. The van der Waals surface area contributed by atoms with E-state index < -0.39 is 0 Å². The van der Waals surface area contributed by atoms with Gasteiger partial charge in [-0.15, -0.1) is 0 Å². The fraction of sp³-hybridized carbons (Fsp3) is 0.500. The van der Waals surface area contributed by atoms with Crippen LogP contribution in [0, 0.1) is 23.1 Å². The molecule has 2 rings (SSSR count). The fourth-order valence-electron chi connectivity index (χ4n) is 2.00. The zero-order valence-electron chi connectivity index (χ0n) is 10.3. The molecule has 2 nitrogen and oxygen atoms in total. The molecule has 3 heteroatoms. The van der Waals surface area contributed by atoms with Gasteiger partial charge < -0.3 is 4.90 Å². The van der Waals surface area contributed by atoms with E-state index in [0.29, 0.717) is 11.6 Å². The highest BCUT2D eigenvalue weighted by molar-refractivity contribution is 5.52. The van der Waals surface area contributed by atoms with Crippen molar-refractivity contribution in [1.29, 1.82) is 5.26 Å². The van der Waals surface area contributed by atoms with Gasteiger partial charge in [0.05, 0.1) is 11.6 Å². The molecule has 0 bridgehead atoms. The van der Waals surface area contributed by atoms with Gasteiger partial charge in [0, 0.05) is 18.3 Å². The first kappa shape index (κ1) is 11.9. The van der Waals surface area contributed by atoms with E-state index >= 15 is 0 Å². The van der Waals surface area contributed by atoms with Gasteiger partial charge in [0.1, 0.15) is 5.82 Å². The SMILES string of the molecule is CC(C)N(CC1CC1)c1cc(F)cc(C#N)c1. The number of anilines is 1. The van der Waals surface area contributed by atoms with E-state index in [9.17, 15) is 4.39 Å². The van der Waals surface area contributed by atoms with E-state index in [4.69, 9.17) is 5.26 Å². The maximum atomic E-state index is 13.4. The van der Waals surface area contributed by atoms with Crippen molar-refractivity contribution >= 4 is 5.69 Å². The molecule has 0 unspecified atom stereocenters. The predicted octanol–water partition coefficient (Wildman–Crippen LogP) is 3.32. The summed E-state index contributed by atoms with van der Waals surface area (Å²) >= 11 is 0. The summed E-state index contributed by atoms with van der Waals surface area (Å²) in [6.45, 7) is 5.16. The van der Waals surface area contributed by atoms with Crippen LogP contribution in [0.3, 0.4) is 0 Å². The number of rotatable bonds is 4. The Labute approximate surface area is 102 Å². The molecule has 0 radical (unpaired) electrons. The molecule has 1 saturated carbocycles. The molecular weight excluding hydrogens is 215 g/mol. The van der Waals surface area contributed by atoms with Crippen LogP contribution in [0.25, 0.3) is 0 Å². The Bertz CT molecular complexity index is 444. The van der Waals surface area contributed by atoms with Gasteiger partial charge in [0.25, 0.3) is 0 Å². The molecule has 1 aliphatic rings. The Hall–Kier alpha value is -1.56. The van der Waals surface area contributed by atoms with Crippen molar-refractivity contribution < 1.29 is 4.39 Å². The predicted molar refractivity (Wildman–Crippen MR) is 66.3 cm³/mol. The van der Waals surface area contributed by atoms with Crippen LogP contribution in [0.4, 0.5) is 10.1 Å². The number of hydrogen-bond donors (Lipinski definition) is 0. The van der Waals surface area contributed by atoms with E-state index in [0.717, 1.165) is 18.2 Å². The molecule has 1 aromatic rings. The molecule has 17 heavy (non-hydrogen) atoms. The van der Waals surface area contributed by atoms with Gasteiger partial charge in [0.2, 0.25) is 0 Å². The largest absolute Gasteiger partial charge is 0.369 e. The van der Waals surface area contributed by atoms with Crippen LogP contribution < -0.4 is 4.90 Å². The van der Waals surface area contributed by atoms with Gasteiger partial charge in [-0.25, -0.2) is 4.39 Å². The first-order valence-corrected chi connectivity index (χ1v) is 6.07. The second kappa shape index (κ2) is 4.75. The average molecular weight is 232 g/mol. The second-order valence-corrected chi connectivity index (χ2v) is 5.00. The van der Waals surface area contributed by atoms with Crippen molar-refractivity contribution in [2.45, 2.75) is 32.7 Å². The van der Waals surface area contributed by atoms with E-state index in [1.165, 1.54) is 25.0 Å². The molecular formula is C14H17FN2. The van der Waals surface area contributed by atoms with Crippen LogP contribution in [0.5, 0.6) is 0 Å². The average Bonchev–Trinajstić information content (AvgIpc) is 3.08. The zero-order chi connectivity index (χ0) is 12.4. The third kappa shape index (κ3) is 2.97. The summed E-state index contributed by atoms with van der Waals surface area (Å²) in [7, 11) is 0. The monoisotopic (exact) mass is 232 g/mol. The summed E-state index contributed by atoms with van der Waals surface area (Å²) in [5.74, 6) is 0.409. The molecule has 0 aliphatic heterocycles. The topological polar surface area (TPSA) is 27.0 Å². The standard InChI is InChI=1S/C14H17FN2/c1-10(2)17(9-11-3-4-11)14-6-12(8-16)5-13(15)7-14/h5-7,10-11H,3-4,9H2,1-2H3. The van der Waals surface area contributed by atoms with Gasteiger partial charge in [-0.05, 0) is 50.8 Å². The Morgan fingerprint density at radius 3 is 2.65 bits per heavy atom. The van der Waals surface area contributed by atoms with E-state index in [-0.39, 0.29) is 5.82 Å². The van der Waals surface area contributed by atoms with Crippen LogP contribution in [0.2, 0.25) is 0 Å². The summed E-state index contributed by atoms with van der Waals surface area (Å²) in [5.41, 5.74) is 1.21.